The highest BCUT2D eigenvalue weighted by atomic mass is 16.3. The first-order valence-corrected chi connectivity index (χ1v) is 5.25. The first kappa shape index (κ1) is 10.6. The molecule has 0 radical (unpaired) electrons. The molecule has 16 heavy (non-hydrogen) atoms. The summed E-state index contributed by atoms with van der Waals surface area (Å²) in [5, 5.41) is 9.92. The standard InChI is InChI=1S/C13H12O3/c14-10-7-4-8-11(15)12(10)13(16)9-5-2-1-3-6-9/h1-3,5-6,16H,4,7-8H2. The monoisotopic (exact) mass is 216 g/mol. The molecule has 0 amide bonds. The third-order valence-corrected chi connectivity index (χ3v) is 2.65. The van der Waals surface area contributed by atoms with Gasteiger partial charge in [-0.15, -0.1) is 0 Å². The van der Waals surface area contributed by atoms with Crippen LogP contribution in [0.5, 0.6) is 0 Å². The highest BCUT2D eigenvalue weighted by Crippen LogP contribution is 2.24. The molecule has 0 atom stereocenters. The summed E-state index contributed by atoms with van der Waals surface area (Å²) in [6, 6.07) is 8.68. The molecule has 1 aromatic rings. The minimum absolute atomic E-state index is 0.0301. The van der Waals surface area contributed by atoms with Crippen molar-refractivity contribution in [2.45, 2.75) is 19.3 Å². The molecule has 0 heterocycles. The lowest BCUT2D eigenvalue weighted by molar-refractivity contribution is -0.123. The molecule has 1 saturated carbocycles. The highest BCUT2D eigenvalue weighted by molar-refractivity contribution is 6.25. The van der Waals surface area contributed by atoms with Crippen LogP contribution in [-0.2, 0) is 9.59 Å². The fourth-order valence-corrected chi connectivity index (χ4v) is 1.82. The molecule has 1 fully saturated rings. The quantitative estimate of drug-likeness (QED) is 0.445. The number of carbonyl (C=O) groups excluding carboxylic acids is 2. The first-order valence-electron chi connectivity index (χ1n) is 5.25. The van der Waals surface area contributed by atoms with Crippen molar-refractivity contribution >= 4 is 17.3 Å². The highest BCUT2D eigenvalue weighted by Gasteiger charge is 2.27. The zero-order valence-corrected chi connectivity index (χ0v) is 8.77. The minimum atomic E-state index is -0.252. The van der Waals surface area contributed by atoms with Gasteiger partial charge in [0.25, 0.3) is 0 Å². The molecule has 2 rings (SSSR count). The fraction of sp³-hybridized carbons (Fsp3) is 0.231. The molecule has 0 aromatic heterocycles. The molecule has 0 bridgehead atoms. The smallest absolute Gasteiger partial charge is 0.170 e. The Kier molecular flexibility index (Phi) is 2.86. The predicted octanol–water partition coefficient (Wildman–Crippen LogP) is 2.28. The minimum Gasteiger partial charge on any atom is -0.506 e. The molecular weight excluding hydrogens is 204 g/mol. The maximum atomic E-state index is 11.6. The van der Waals surface area contributed by atoms with Crippen molar-refractivity contribution in [3.63, 3.8) is 0 Å². The molecule has 3 nitrogen and oxygen atoms in total. The maximum Gasteiger partial charge on any atom is 0.170 e. The number of Topliss-reactive ketones (excluding diaryl/α,β-unsaturated/α-hetero) is 2. The van der Waals surface area contributed by atoms with Gasteiger partial charge in [-0.25, -0.2) is 0 Å². The van der Waals surface area contributed by atoms with E-state index in [1.807, 2.05) is 6.07 Å². The molecule has 0 spiro atoms. The van der Waals surface area contributed by atoms with Crippen LogP contribution in [-0.4, -0.2) is 16.7 Å². The van der Waals surface area contributed by atoms with Crippen molar-refractivity contribution in [2.75, 3.05) is 0 Å². The summed E-state index contributed by atoms with van der Waals surface area (Å²) in [7, 11) is 0. The Morgan fingerprint density at radius 3 is 2.12 bits per heavy atom. The summed E-state index contributed by atoms with van der Waals surface area (Å²) in [6.07, 6.45) is 1.28. The van der Waals surface area contributed by atoms with E-state index in [2.05, 4.69) is 0 Å². The van der Waals surface area contributed by atoms with Gasteiger partial charge in [-0.3, -0.25) is 9.59 Å². The SMILES string of the molecule is O=C1CCCC(=O)C1=C(O)c1ccccc1. The first-order chi connectivity index (χ1) is 7.70. The second-order valence-corrected chi connectivity index (χ2v) is 3.79. The van der Waals surface area contributed by atoms with E-state index >= 15 is 0 Å². The largest absolute Gasteiger partial charge is 0.506 e. The Morgan fingerprint density at radius 2 is 1.56 bits per heavy atom. The molecule has 3 heteroatoms. The summed E-state index contributed by atoms with van der Waals surface area (Å²) in [5.41, 5.74) is 0.485. The van der Waals surface area contributed by atoms with E-state index in [1.165, 1.54) is 0 Å². The Labute approximate surface area is 93.4 Å². The number of allylic oxidation sites excluding steroid dienone is 1. The summed E-state index contributed by atoms with van der Waals surface area (Å²) in [6.45, 7) is 0. The number of hydrogen-bond acceptors (Lipinski definition) is 3. The van der Waals surface area contributed by atoms with Crippen molar-refractivity contribution < 1.29 is 14.7 Å². The number of hydrogen-bond donors (Lipinski definition) is 1. The van der Waals surface area contributed by atoms with E-state index in [0.29, 0.717) is 24.8 Å². The molecule has 1 aliphatic carbocycles. The van der Waals surface area contributed by atoms with E-state index in [1.54, 1.807) is 24.3 Å². The molecule has 0 aliphatic heterocycles. The zero-order valence-electron chi connectivity index (χ0n) is 8.77. The average Bonchev–Trinajstić information content (AvgIpc) is 2.30. The Hall–Kier alpha value is -1.90. The maximum absolute atomic E-state index is 11.6. The van der Waals surface area contributed by atoms with Crippen LogP contribution in [0.3, 0.4) is 0 Å². The van der Waals surface area contributed by atoms with Crippen molar-refractivity contribution in [1.82, 2.24) is 0 Å². The Balaban J connectivity index is 2.47. The summed E-state index contributed by atoms with van der Waals surface area (Å²) < 4.78 is 0. The number of aliphatic hydroxyl groups excluding tert-OH is 1. The van der Waals surface area contributed by atoms with Crippen LogP contribution in [0.4, 0.5) is 0 Å². The van der Waals surface area contributed by atoms with Crippen LogP contribution in [0.1, 0.15) is 24.8 Å². The third kappa shape index (κ3) is 1.89. The summed E-state index contributed by atoms with van der Waals surface area (Å²) in [5.74, 6) is -0.689. The van der Waals surface area contributed by atoms with Crippen molar-refractivity contribution in [1.29, 1.82) is 0 Å². The molecule has 0 unspecified atom stereocenters. The third-order valence-electron chi connectivity index (χ3n) is 2.65. The lowest BCUT2D eigenvalue weighted by Gasteiger charge is -2.13. The lowest BCUT2D eigenvalue weighted by atomic mass is 9.90. The molecule has 0 saturated heterocycles. The van der Waals surface area contributed by atoms with Crippen LogP contribution in [0, 0.1) is 0 Å². The zero-order chi connectivity index (χ0) is 11.5. The van der Waals surface area contributed by atoms with Crippen LogP contribution in [0.15, 0.2) is 35.9 Å². The normalized spacial score (nSPS) is 16.4. The summed E-state index contributed by atoms with van der Waals surface area (Å²) >= 11 is 0. The number of benzene rings is 1. The van der Waals surface area contributed by atoms with Crippen LogP contribution in [0.25, 0.3) is 5.76 Å². The number of aliphatic hydroxyl groups is 1. The van der Waals surface area contributed by atoms with Gasteiger partial charge < -0.3 is 5.11 Å². The molecule has 1 aromatic carbocycles. The molecule has 1 aliphatic rings. The Bertz CT molecular complexity index is 439. The van der Waals surface area contributed by atoms with Gasteiger partial charge in [-0.2, -0.15) is 0 Å². The Morgan fingerprint density at radius 1 is 1.00 bits per heavy atom. The summed E-state index contributed by atoms with van der Waals surface area (Å²) in [4.78, 5) is 23.2. The van der Waals surface area contributed by atoms with E-state index in [-0.39, 0.29) is 22.9 Å². The van der Waals surface area contributed by atoms with E-state index in [0.717, 1.165) is 0 Å². The van der Waals surface area contributed by atoms with Gasteiger partial charge in [0.2, 0.25) is 0 Å². The topological polar surface area (TPSA) is 54.4 Å². The second kappa shape index (κ2) is 4.31. The average molecular weight is 216 g/mol. The van der Waals surface area contributed by atoms with Crippen molar-refractivity contribution in [2.24, 2.45) is 0 Å². The number of carbonyl (C=O) groups is 2. The van der Waals surface area contributed by atoms with Gasteiger partial charge in [-0.05, 0) is 6.42 Å². The number of rotatable bonds is 1. The van der Waals surface area contributed by atoms with Crippen molar-refractivity contribution in [3.05, 3.63) is 41.5 Å². The molecule has 1 N–H and O–H groups in total. The van der Waals surface area contributed by atoms with Crippen LogP contribution >= 0.6 is 0 Å². The van der Waals surface area contributed by atoms with E-state index in [9.17, 15) is 14.7 Å². The fourth-order valence-electron chi connectivity index (χ4n) is 1.82. The van der Waals surface area contributed by atoms with Gasteiger partial charge in [0.05, 0.1) is 0 Å². The number of ketones is 2. The van der Waals surface area contributed by atoms with E-state index < -0.39 is 0 Å². The molecular formula is C13H12O3. The van der Waals surface area contributed by atoms with E-state index in [4.69, 9.17) is 0 Å². The second-order valence-electron chi connectivity index (χ2n) is 3.79. The van der Waals surface area contributed by atoms with Gasteiger partial charge in [0, 0.05) is 18.4 Å². The predicted molar refractivity (Wildman–Crippen MR) is 59.9 cm³/mol. The van der Waals surface area contributed by atoms with Crippen LogP contribution in [0.2, 0.25) is 0 Å². The van der Waals surface area contributed by atoms with Gasteiger partial charge >= 0.3 is 0 Å². The van der Waals surface area contributed by atoms with Crippen LogP contribution < -0.4 is 0 Å². The van der Waals surface area contributed by atoms with Gasteiger partial charge in [0.15, 0.2) is 11.6 Å². The van der Waals surface area contributed by atoms with Gasteiger partial charge in [-0.1, -0.05) is 30.3 Å². The molecule has 82 valence electrons. The van der Waals surface area contributed by atoms with Gasteiger partial charge in [0.1, 0.15) is 11.3 Å². The van der Waals surface area contributed by atoms with Crippen molar-refractivity contribution in [3.8, 4) is 0 Å². The lowest BCUT2D eigenvalue weighted by Crippen LogP contribution is -2.20.